The average molecular weight is 1240 g/mol. The number of halogens is 3. The van der Waals surface area contributed by atoms with Crippen molar-refractivity contribution in [3.05, 3.63) is 207 Å². The summed E-state index contributed by atoms with van der Waals surface area (Å²) in [6.07, 6.45) is 0. The van der Waals surface area contributed by atoms with Gasteiger partial charge in [0.15, 0.2) is 5.78 Å². The molecule has 3 saturated heterocycles. The summed E-state index contributed by atoms with van der Waals surface area (Å²) in [6.45, 7) is 29.6. The smallest absolute Gasteiger partial charge is 1.00 e. The van der Waals surface area contributed by atoms with Gasteiger partial charge in [-0.2, -0.15) is 36.4 Å². The Morgan fingerprint density at radius 3 is 1.01 bits per heavy atom. The van der Waals surface area contributed by atoms with Gasteiger partial charge in [0.25, 0.3) is 0 Å². The number of aliphatic hydroxyl groups is 2. The number of hydrogen-bond donors (Lipinski definition) is 2. The number of carbonyl (C=O) groups is 1. The summed E-state index contributed by atoms with van der Waals surface area (Å²) in [7, 11) is -1.34. The molecule has 76 heavy (non-hydrogen) atoms. The molecular formula is C60H74B3Br3MgO9. The number of benzene rings is 6. The molecule has 3 heterocycles. The maximum atomic E-state index is 10.9. The molecule has 9 rings (SSSR count). The Bertz CT molecular complexity index is 2590. The number of ketones is 1. The van der Waals surface area contributed by atoms with Crippen molar-refractivity contribution < 1.29 is 59.9 Å². The average Bonchev–Trinajstić information content (AvgIpc) is 3.83. The molecule has 3 aliphatic heterocycles. The Hall–Kier alpha value is -2.93. The molecule has 0 bridgehead atoms. The van der Waals surface area contributed by atoms with E-state index >= 15 is 0 Å². The molecule has 0 amide bonds. The van der Waals surface area contributed by atoms with E-state index in [4.69, 9.17) is 27.9 Å². The predicted octanol–water partition coefficient (Wildman–Crippen LogP) is 9.96. The van der Waals surface area contributed by atoms with Gasteiger partial charge in [-0.15, -0.1) is 0 Å². The molecule has 0 radical (unpaired) electrons. The van der Waals surface area contributed by atoms with Gasteiger partial charge in [0.2, 0.25) is 0 Å². The minimum Gasteiger partial charge on any atom is -1.00 e. The summed E-state index contributed by atoms with van der Waals surface area (Å²) >= 11 is 6.67. The normalized spacial score (nSPS) is 19.3. The van der Waals surface area contributed by atoms with E-state index in [1.165, 1.54) is 0 Å². The van der Waals surface area contributed by atoms with Crippen LogP contribution in [-0.2, 0) is 39.1 Å². The SMILES string of the molecule is CC(=O)c1ccc(Br)cc1.CC(O)(c1ccccc1)c1ccc(B2OC(C)(C)C(C)(C)O2)cc1.CC(O)(c1ccccc1)c1ccc(Br)cc1.CC1(C)OB(B2OC(C)(C)C(C)(C)O2)OC1(C)C.[Br-].[Mg+2].[c-]1ccccc1. The summed E-state index contributed by atoms with van der Waals surface area (Å²) in [4.78, 5) is 10.7. The molecule has 6 aromatic rings. The zero-order valence-corrected chi connectivity index (χ0v) is 53.1. The van der Waals surface area contributed by atoms with Gasteiger partial charge >= 0.3 is 44.2 Å². The van der Waals surface area contributed by atoms with Crippen molar-refractivity contribution in [1.82, 2.24) is 0 Å². The maximum Gasteiger partial charge on any atom is 2.00 e. The van der Waals surface area contributed by atoms with Gasteiger partial charge in [0, 0.05) is 14.5 Å². The first-order valence-corrected chi connectivity index (χ1v) is 26.6. The van der Waals surface area contributed by atoms with Crippen molar-refractivity contribution in [2.45, 2.75) is 149 Å². The Morgan fingerprint density at radius 2 is 0.724 bits per heavy atom. The van der Waals surface area contributed by atoms with E-state index in [0.717, 1.165) is 42.2 Å². The van der Waals surface area contributed by atoms with Gasteiger partial charge < -0.3 is 55.1 Å². The van der Waals surface area contributed by atoms with Gasteiger partial charge in [0.05, 0.1) is 33.6 Å². The second kappa shape index (κ2) is 27.5. The zero-order chi connectivity index (χ0) is 55.0. The molecule has 16 heteroatoms. The van der Waals surface area contributed by atoms with Crippen molar-refractivity contribution in [2.24, 2.45) is 0 Å². The Balaban J connectivity index is 0.000000263. The molecular weight excluding hydrogens is 1160 g/mol. The first kappa shape index (κ1) is 67.3. The number of carbonyl (C=O) groups excluding carboxylic acids is 1. The minimum absolute atomic E-state index is 0. The van der Waals surface area contributed by atoms with Crippen LogP contribution in [0.3, 0.4) is 0 Å². The summed E-state index contributed by atoms with van der Waals surface area (Å²) in [6, 6.07) is 54.7. The third-order valence-electron chi connectivity index (χ3n) is 14.7. The molecule has 2 unspecified atom stereocenters. The van der Waals surface area contributed by atoms with Crippen molar-refractivity contribution in [1.29, 1.82) is 0 Å². The van der Waals surface area contributed by atoms with Gasteiger partial charge in [-0.1, -0.05) is 141 Å². The van der Waals surface area contributed by atoms with E-state index in [1.807, 2.05) is 249 Å². The van der Waals surface area contributed by atoms with Gasteiger partial charge in [0.1, 0.15) is 11.2 Å². The second-order valence-electron chi connectivity index (χ2n) is 22.0. The molecule has 6 aromatic carbocycles. The molecule has 2 atom stereocenters. The van der Waals surface area contributed by atoms with Crippen LogP contribution < -0.4 is 22.4 Å². The number of rotatable bonds is 7. The molecule has 0 aromatic heterocycles. The van der Waals surface area contributed by atoms with E-state index in [-0.39, 0.29) is 86.5 Å². The van der Waals surface area contributed by atoms with Crippen LogP contribution in [0.2, 0.25) is 0 Å². The largest absolute Gasteiger partial charge is 2.00 e. The Labute approximate surface area is 498 Å². The number of Topliss-reactive ketones (excluding diaryl/α,β-unsaturated/α-hetero) is 1. The van der Waals surface area contributed by atoms with Crippen LogP contribution >= 0.6 is 31.9 Å². The molecule has 3 aliphatic rings. The summed E-state index contributed by atoms with van der Waals surface area (Å²) in [5.74, 6) is 0.104. The van der Waals surface area contributed by atoms with Crippen molar-refractivity contribution >= 4 is 87.3 Å². The van der Waals surface area contributed by atoms with E-state index in [2.05, 4.69) is 37.9 Å². The Kier molecular flexibility index (Phi) is 24.4. The van der Waals surface area contributed by atoms with E-state index in [0.29, 0.717) is 0 Å². The van der Waals surface area contributed by atoms with Gasteiger partial charge in [-0.3, -0.25) is 4.79 Å². The van der Waals surface area contributed by atoms with E-state index in [1.54, 1.807) is 19.1 Å². The van der Waals surface area contributed by atoms with Crippen molar-refractivity contribution in [3.8, 4) is 0 Å². The topological polar surface area (TPSA) is 113 Å². The van der Waals surface area contributed by atoms with E-state index in [9.17, 15) is 15.0 Å². The maximum absolute atomic E-state index is 10.9. The standard InChI is InChI=1S/C20H25BO3.C14H13BrO.C12H24B2O4.C8H7BrO.C6H5.BrH.Mg/c1-18(2)19(3,4)24-21(23-18)17-13-11-16(12-14-17)20(5,22)15-9-7-6-8-10-15;1-14(16,11-5-3-2-4-6-11)12-7-9-13(15)10-8-12;1-9(2)10(3,4)16-13(15-9)14-17-11(5,6)12(7,8)18-14;1-6(10)7-2-4-8(9)5-3-7;1-2-4-6-5-3-1;;/h6-14,22H,1-5H3;2-10,16H,1H3;1-8H3;2-5H,1H3;1-5H;1H;/q;;;;-1;;+2/p-1. The fraction of sp³-hybridized carbons (Fsp3) is 0.383. The first-order chi connectivity index (χ1) is 34.3. The molecule has 3 fully saturated rings. The van der Waals surface area contributed by atoms with Crippen LogP contribution in [0.4, 0.5) is 0 Å². The summed E-state index contributed by atoms with van der Waals surface area (Å²) < 4.78 is 38.0. The van der Waals surface area contributed by atoms with Gasteiger partial charge in [-0.25, -0.2) is 0 Å². The summed E-state index contributed by atoms with van der Waals surface area (Å²) in [5, 5.41) is 21.4. The van der Waals surface area contributed by atoms with Crippen molar-refractivity contribution in [2.75, 3.05) is 0 Å². The quantitative estimate of drug-likeness (QED) is 0.0917. The van der Waals surface area contributed by atoms with Crippen LogP contribution in [0.15, 0.2) is 173 Å². The van der Waals surface area contributed by atoms with Gasteiger partial charge in [-0.05, 0) is 156 Å². The molecule has 9 nitrogen and oxygen atoms in total. The van der Waals surface area contributed by atoms with Crippen molar-refractivity contribution in [3.63, 3.8) is 0 Å². The first-order valence-electron chi connectivity index (χ1n) is 25.0. The third-order valence-corrected chi connectivity index (χ3v) is 15.8. The van der Waals surface area contributed by atoms with E-state index < -0.39 is 25.2 Å². The van der Waals surface area contributed by atoms with Crippen LogP contribution in [0.1, 0.15) is 136 Å². The van der Waals surface area contributed by atoms with Crippen LogP contribution in [0, 0.1) is 6.07 Å². The fourth-order valence-corrected chi connectivity index (χ4v) is 8.13. The molecule has 0 aliphatic carbocycles. The molecule has 400 valence electrons. The fourth-order valence-electron chi connectivity index (χ4n) is 7.60. The van der Waals surface area contributed by atoms with Crippen LogP contribution in [0.5, 0.6) is 0 Å². The van der Waals surface area contributed by atoms with Crippen LogP contribution in [-0.4, -0.2) is 93.8 Å². The van der Waals surface area contributed by atoms with Crippen LogP contribution in [0.25, 0.3) is 0 Å². The molecule has 0 saturated carbocycles. The monoisotopic (exact) mass is 1230 g/mol. The Morgan fingerprint density at radius 1 is 0.447 bits per heavy atom. The third kappa shape index (κ3) is 17.3. The number of hydrogen-bond acceptors (Lipinski definition) is 9. The zero-order valence-electron chi connectivity index (χ0n) is 46.9. The predicted molar refractivity (Wildman–Crippen MR) is 314 cm³/mol. The minimum atomic E-state index is -1.03. The summed E-state index contributed by atoms with van der Waals surface area (Å²) in [5.41, 5.74) is 1.09. The molecule has 0 spiro atoms. The molecule has 2 N–H and O–H groups in total. The second-order valence-corrected chi connectivity index (χ2v) is 23.8.